The molecule has 0 aliphatic carbocycles. The van der Waals surface area contributed by atoms with E-state index in [1.807, 2.05) is 30.3 Å². The van der Waals surface area contributed by atoms with Crippen LogP contribution in [0.3, 0.4) is 0 Å². The number of ether oxygens (including phenoxy) is 1. The van der Waals surface area contributed by atoms with Crippen LogP contribution in [-0.2, 0) is 11.3 Å². The summed E-state index contributed by atoms with van der Waals surface area (Å²) < 4.78 is 31.1. The van der Waals surface area contributed by atoms with Crippen LogP contribution >= 0.6 is 0 Å². The van der Waals surface area contributed by atoms with Crippen LogP contribution in [-0.4, -0.2) is 18.0 Å². The van der Waals surface area contributed by atoms with Crippen molar-refractivity contribution in [3.63, 3.8) is 0 Å². The molecule has 0 unspecified atom stereocenters. The maximum Gasteiger partial charge on any atom is 0.321 e. The van der Waals surface area contributed by atoms with Crippen molar-refractivity contribution in [3.8, 4) is 5.75 Å². The lowest BCUT2D eigenvalue weighted by molar-refractivity contribution is -0.126. The molecule has 0 saturated carbocycles. The molecule has 126 valence electrons. The molecule has 1 atom stereocenters. The number of hydrogen-bond donors (Lipinski definition) is 2. The Kier molecular flexibility index (Phi) is 5.83. The summed E-state index contributed by atoms with van der Waals surface area (Å²) in [6.45, 7) is 1.65. The predicted octanol–water partition coefficient (Wildman–Crippen LogP) is 2.76. The summed E-state index contributed by atoms with van der Waals surface area (Å²) in [4.78, 5) is 23.5. The highest BCUT2D eigenvalue weighted by atomic mass is 19.2. The zero-order valence-electron chi connectivity index (χ0n) is 12.9. The number of benzene rings is 2. The van der Waals surface area contributed by atoms with E-state index in [1.54, 1.807) is 0 Å². The molecule has 5 nitrogen and oxygen atoms in total. The monoisotopic (exact) mass is 334 g/mol. The molecule has 2 N–H and O–H groups in total. The third kappa shape index (κ3) is 5.05. The van der Waals surface area contributed by atoms with Gasteiger partial charge in [0.2, 0.25) is 0 Å². The lowest BCUT2D eigenvalue weighted by atomic mass is 10.2. The fourth-order valence-corrected chi connectivity index (χ4v) is 1.84. The fraction of sp³-hybridized carbons (Fsp3) is 0.176. The van der Waals surface area contributed by atoms with Crippen LogP contribution in [0.15, 0.2) is 48.5 Å². The normalized spacial score (nSPS) is 11.5. The molecule has 2 aromatic carbocycles. The molecule has 0 aliphatic rings. The van der Waals surface area contributed by atoms with E-state index in [-0.39, 0.29) is 12.3 Å². The summed E-state index contributed by atoms with van der Waals surface area (Å²) in [5.74, 6) is -2.81. The summed E-state index contributed by atoms with van der Waals surface area (Å²) in [5, 5.41) is 4.64. The van der Waals surface area contributed by atoms with Crippen molar-refractivity contribution < 1.29 is 23.1 Å². The second-order valence-corrected chi connectivity index (χ2v) is 4.99. The Morgan fingerprint density at radius 1 is 1.08 bits per heavy atom. The van der Waals surface area contributed by atoms with Gasteiger partial charge < -0.3 is 10.1 Å². The van der Waals surface area contributed by atoms with Crippen LogP contribution in [0.2, 0.25) is 0 Å². The van der Waals surface area contributed by atoms with Gasteiger partial charge in [-0.25, -0.2) is 13.6 Å². The van der Waals surface area contributed by atoms with Crippen molar-refractivity contribution in [1.29, 1.82) is 0 Å². The van der Waals surface area contributed by atoms with E-state index >= 15 is 0 Å². The minimum absolute atomic E-state index is 0.0127. The number of carbonyl (C=O) groups excluding carboxylic acids is 2. The molecule has 2 rings (SSSR count). The average Bonchev–Trinajstić information content (AvgIpc) is 2.57. The molecular formula is C17H16F2N2O3. The molecule has 0 bridgehead atoms. The number of imide groups is 1. The average molecular weight is 334 g/mol. The van der Waals surface area contributed by atoms with E-state index in [9.17, 15) is 18.4 Å². The van der Waals surface area contributed by atoms with Gasteiger partial charge in [0.05, 0.1) is 0 Å². The van der Waals surface area contributed by atoms with E-state index in [2.05, 4.69) is 10.6 Å². The van der Waals surface area contributed by atoms with Gasteiger partial charge in [-0.15, -0.1) is 0 Å². The van der Waals surface area contributed by atoms with Gasteiger partial charge in [-0.3, -0.25) is 10.1 Å². The molecule has 7 heteroatoms. The van der Waals surface area contributed by atoms with Crippen LogP contribution in [0, 0.1) is 11.6 Å². The van der Waals surface area contributed by atoms with Crippen LogP contribution < -0.4 is 15.4 Å². The molecule has 0 saturated heterocycles. The standard InChI is InChI=1S/C17H16F2N2O3/c1-11(24-13-7-8-14(18)15(19)9-13)16(22)21-17(23)20-10-12-5-3-2-4-6-12/h2-9,11H,10H2,1H3,(H2,20,21,22,23)/t11-/m1/s1. The van der Waals surface area contributed by atoms with Crippen LogP contribution in [0.1, 0.15) is 12.5 Å². The topological polar surface area (TPSA) is 67.4 Å². The van der Waals surface area contributed by atoms with Crippen molar-refractivity contribution in [2.75, 3.05) is 0 Å². The summed E-state index contributed by atoms with van der Waals surface area (Å²) in [6.07, 6.45) is -1.06. The quantitative estimate of drug-likeness (QED) is 0.883. The maximum absolute atomic E-state index is 13.1. The second-order valence-electron chi connectivity index (χ2n) is 4.99. The Morgan fingerprint density at radius 2 is 1.79 bits per heavy atom. The Balaban J connectivity index is 1.82. The van der Waals surface area contributed by atoms with E-state index in [0.29, 0.717) is 0 Å². The summed E-state index contributed by atoms with van der Waals surface area (Å²) in [7, 11) is 0. The van der Waals surface area contributed by atoms with Gasteiger partial charge in [0, 0.05) is 12.6 Å². The lowest BCUT2D eigenvalue weighted by Crippen LogP contribution is -2.44. The number of rotatable bonds is 5. The summed E-state index contributed by atoms with van der Waals surface area (Å²) >= 11 is 0. The Morgan fingerprint density at radius 3 is 2.46 bits per heavy atom. The predicted molar refractivity (Wildman–Crippen MR) is 83.3 cm³/mol. The number of amides is 3. The van der Waals surface area contributed by atoms with Crippen LogP contribution in [0.4, 0.5) is 13.6 Å². The highest BCUT2D eigenvalue weighted by Gasteiger charge is 2.18. The van der Waals surface area contributed by atoms with E-state index < -0.39 is 29.7 Å². The molecule has 0 fully saturated rings. The van der Waals surface area contributed by atoms with Crippen molar-refractivity contribution in [2.24, 2.45) is 0 Å². The molecule has 0 aromatic heterocycles. The first kappa shape index (κ1) is 17.4. The molecule has 24 heavy (non-hydrogen) atoms. The molecule has 0 spiro atoms. The van der Waals surface area contributed by atoms with Crippen molar-refractivity contribution in [2.45, 2.75) is 19.6 Å². The van der Waals surface area contributed by atoms with Crippen LogP contribution in [0.25, 0.3) is 0 Å². The summed E-state index contributed by atoms with van der Waals surface area (Å²) in [6, 6.07) is 11.4. The second kappa shape index (κ2) is 8.05. The first-order chi connectivity index (χ1) is 11.5. The van der Waals surface area contributed by atoms with Crippen molar-refractivity contribution in [3.05, 3.63) is 65.7 Å². The number of hydrogen-bond acceptors (Lipinski definition) is 3. The van der Waals surface area contributed by atoms with Gasteiger partial charge in [-0.1, -0.05) is 30.3 Å². The maximum atomic E-state index is 13.1. The van der Waals surface area contributed by atoms with Crippen molar-refractivity contribution in [1.82, 2.24) is 10.6 Å². The van der Waals surface area contributed by atoms with E-state index in [1.165, 1.54) is 13.0 Å². The molecular weight excluding hydrogens is 318 g/mol. The number of urea groups is 1. The Bertz CT molecular complexity index is 723. The Labute approximate surface area is 137 Å². The highest BCUT2D eigenvalue weighted by Crippen LogP contribution is 2.16. The largest absolute Gasteiger partial charge is 0.481 e. The molecule has 3 amide bonds. The Hall–Kier alpha value is -2.96. The third-order valence-electron chi connectivity index (χ3n) is 3.11. The van der Waals surface area contributed by atoms with Gasteiger partial charge in [0.15, 0.2) is 17.7 Å². The third-order valence-corrected chi connectivity index (χ3v) is 3.11. The van der Waals surface area contributed by atoms with Gasteiger partial charge in [0.1, 0.15) is 5.75 Å². The molecule has 0 aliphatic heterocycles. The lowest BCUT2D eigenvalue weighted by Gasteiger charge is -2.14. The van der Waals surface area contributed by atoms with E-state index in [0.717, 1.165) is 17.7 Å². The molecule has 2 aromatic rings. The fourth-order valence-electron chi connectivity index (χ4n) is 1.84. The van der Waals surface area contributed by atoms with E-state index in [4.69, 9.17) is 4.74 Å². The molecule has 0 radical (unpaired) electrons. The number of nitrogens with one attached hydrogen (secondary N) is 2. The minimum Gasteiger partial charge on any atom is -0.481 e. The SMILES string of the molecule is C[C@@H](Oc1ccc(F)c(F)c1)C(=O)NC(=O)NCc1ccccc1. The minimum atomic E-state index is -1.08. The highest BCUT2D eigenvalue weighted by molar-refractivity contribution is 5.96. The molecule has 0 heterocycles. The smallest absolute Gasteiger partial charge is 0.321 e. The number of halogens is 2. The first-order valence-electron chi connectivity index (χ1n) is 7.20. The van der Waals surface area contributed by atoms with Gasteiger partial charge in [-0.05, 0) is 24.6 Å². The first-order valence-corrected chi connectivity index (χ1v) is 7.20. The number of carbonyl (C=O) groups is 2. The summed E-state index contributed by atoms with van der Waals surface area (Å²) in [5.41, 5.74) is 0.881. The van der Waals surface area contributed by atoms with Crippen molar-refractivity contribution >= 4 is 11.9 Å². The van der Waals surface area contributed by atoms with Gasteiger partial charge >= 0.3 is 6.03 Å². The van der Waals surface area contributed by atoms with Gasteiger partial charge in [-0.2, -0.15) is 0 Å². The van der Waals surface area contributed by atoms with Crippen LogP contribution in [0.5, 0.6) is 5.75 Å². The zero-order valence-corrected chi connectivity index (χ0v) is 12.9. The zero-order chi connectivity index (χ0) is 17.5. The van der Waals surface area contributed by atoms with Gasteiger partial charge in [0.25, 0.3) is 5.91 Å².